The largest absolute Gasteiger partial charge is 0.343 e. The molecule has 1 aromatic heterocycles. The summed E-state index contributed by atoms with van der Waals surface area (Å²) < 4.78 is 0. The fourth-order valence-corrected chi connectivity index (χ4v) is 3.78. The Balaban J connectivity index is 1.56. The van der Waals surface area contributed by atoms with Gasteiger partial charge in [-0.25, -0.2) is 0 Å². The van der Waals surface area contributed by atoms with E-state index >= 15 is 0 Å². The van der Waals surface area contributed by atoms with Crippen LogP contribution in [0.2, 0.25) is 0 Å². The Morgan fingerprint density at radius 2 is 1.68 bits per heavy atom. The van der Waals surface area contributed by atoms with Crippen molar-refractivity contribution >= 4 is 29.1 Å². The van der Waals surface area contributed by atoms with Gasteiger partial charge in [-0.05, 0) is 43.5 Å². The first-order valence-corrected chi connectivity index (χ1v) is 9.48. The van der Waals surface area contributed by atoms with Gasteiger partial charge in [0, 0.05) is 50.5 Å². The summed E-state index contributed by atoms with van der Waals surface area (Å²) in [7, 11) is 3.34. The summed E-state index contributed by atoms with van der Waals surface area (Å²) in [6.07, 6.45) is 3.09. The van der Waals surface area contributed by atoms with Crippen LogP contribution in [0.3, 0.4) is 0 Å². The molecular weight excluding hydrogens is 358 g/mol. The molecule has 1 N–H and O–H groups in total. The van der Waals surface area contributed by atoms with Crippen LogP contribution in [-0.2, 0) is 11.2 Å². The van der Waals surface area contributed by atoms with Gasteiger partial charge in [0.1, 0.15) is 5.69 Å². The number of hydrogen-bond acceptors (Lipinski definition) is 4. The first-order chi connectivity index (χ1) is 13.5. The Hall–Kier alpha value is -3.16. The van der Waals surface area contributed by atoms with Gasteiger partial charge >= 0.3 is 0 Å². The van der Waals surface area contributed by atoms with E-state index in [1.807, 2.05) is 24.3 Å². The van der Waals surface area contributed by atoms with Crippen molar-refractivity contribution in [3.63, 3.8) is 0 Å². The lowest BCUT2D eigenvalue weighted by Crippen LogP contribution is -2.38. The highest BCUT2D eigenvalue weighted by Crippen LogP contribution is 2.28. The summed E-state index contributed by atoms with van der Waals surface area (Å²) in [5.74, 6) is -0.269. The topological polar surface area (TPSA) is 89.6 Å². The minimum atomic E-state index is -0.225. The van der Waals surface area contributed by atoms with E-state index in [9.17, 15) is 14.4 Å². The second-order valence-corrected chi connectivity index (χ2v) is 7.35. The van der Waals surface area contributed by atoms with Crippen molar-refractivity contribution in [2.45, 2.75) is 25.7 Å². The molecule has 2 aliphatic rings. The Morgan fingerprint density at radius 1 is 1.00 bits per heavy atom. The van der Waals surface area contributed by atoms with E-state index in [1.54, 1.807) is 23.9 Å². The maximum absolute atomic E-state index is 12.9. The molecule has 0 saturated carbocycles. The van der Waals surface area contributed by atoms with Crippen LogP contribution in [0.5, 0.6) is 0 Å². The summed E-state index contributed by atoms with van der Waals surface area (Å²) in [5.41, 5.74) is 2.97. The lowest BCUT2D eigenvalue weighted by molar-refractivity contribution is -0.119. The number of aromatic amines is 1. The van der Waals surface area contributed by atoms with Gasteiger partial charge in [-0.3, -0.25) is 19.5 Å². The van der Waals surface area contributed by atoms with E-state index in [4.69, 9.17) is 0 Å². The van der Waals surface area contributed by atoms with Crippen LogP contribution in [0.15, 0.2) is 24.3 Å². The number of hydrogen-bond donors (Lipinski definition) is 1. The van der Waals surface area contributed by atoms with Gasteiger partial charge in [0.05, 0.1) is 0 Å². The number of piperidine rings is 1. The van der Waals surface area contributed by atoms with Gasteiger partial charge in [-0.15, -0.1) is 0 Å². The molecule has 0 atom stereocenters. The van der Waals surface area contributed by atoms with Gasteiger partial charge < -0.3 is 14.7 Å². The molecule has 1 fully saturated rings. The van der Waals surface area contributed by atoms with Crippen molar-refractivity contribution in [2.24, 2.45) is 0 Å². The van der Waals surface area contributed by atoms with E-state index in [2.05, 4.69) is 10.2 Å². The molecule has 8 nitrogen and oxygen atoms in total. The quantitative estimate of drug-likeness (QED) is 0.878. The smallest absolute Gasteiger partial charge is 0.279 e. The Kier molecular flexibility index (Phi) is 4.62. The first kappa shape index (κ1) is 18.2. The number of nitrogens with one attached hydrogen (secondary N) is 1. The molecule has 1 saturated heterocycles. The second-order valence-electron chi connectivity index (χ2n) is 7.35. The zero-order chi connectivity index (χ0) is 19.8. The van der Waals surface area contributed by atoms with E-state index in [0.29, 0.717) is 36.3 Å². The number of rotatable bonds is 3. The highest BCUT2D eigenvalue weighted by atomic mass is 16.2. The highest BCUT2D eigenvalue weighted by molar-refractivity contribution is 6.09. The Labute approximate surface area is 163 Å². The number of nitrogens with zero attached hydrogens (tertiary/aromatic N) is 4. The van der Waals surface area contributed by atoms with E-state index < -0.39 is 0 Å². The molecule has 0 unspecified atom stereocenters. The predicted octanol–water partition coefficient (Wildman–Crippen LogP) is 1.83. The number of benzene rings is 1. The Bertz CT molecular complexity index is 932. The molecule has 0 bridgehead atoms. The van der Waals surface area contributed by atoms with E-state index in [0.717, 1.165) is 30.8 Å². The maximum Gasteiger partial charge on any atom is 0.279 e. The van der Waals surface area contributed by atoms with Crippen LogP contribution >= 0.6 is 0 Å². The second kappa shape index (κ2) is 7.10. The summed E-state index contributed by atoms with van der Waals surface area (Å²) in [6.45, 7) is 1.21. The van der Waals surface area contributed by atoms with Crippen LogP contribution in [0.4, 0.5) is 11.4 Å². The number of carbonyl (C=O) groups excluding carboxylic acids is 3. The van der Waals surface area contributed by atoms with Crippen molar-refractivity contribution in [1.82, 2.24) is 15.1 Å². The van der Waals surface area contributed by atoms with E-state index in [-0.39, 0.29) is 17.7 Å². The molecule has 4 rings (SSSR count). The van der Waals surface area contributed by atoms with Gasteiger partial charge in [-0.2, -0.15) is 5.10 Å². The molecule has 0 radical (unpaired) electrons. The molecule has 2 aliphatic heterocycles. The predicted molar refractivity (Wildman–Crippen MR) is 105 cm³/mol. The minimum absolute atomic E-state index is 0.146. The van der Waals surface area contributed by atoms with Crippen LogP contribution in [0, 0.1) is 0 Å². The van der Waals surface area contributed by atoms with Crippen molar-refractivity contribution in [2.75, 3.05) is 37.0 Å². The van der Waals surface area contributed by atoms with Crippen LogP contribution < -0.4 is 9.80 Å². The number of aromatic nitrogens is 2. The number of carbonyl (C=O) groups is 3. The fourth-order valence-electron chi connectivity index (χ4n) is 3.78. The molecule has 28 heavy (non-hydrogen) atoms. The summed E-state index contributed by atoms with van der Waals surface area (Å²) in [5, 5.41) is 6.83. The lowest BCUT2D eigenvalue weighted by atomic mass is 10.0. The fraction of sp³-hybridized carbons (Fsp3) is 0.400. The molecular formula is C20H23N5O3. The molecule has 2 aromatic rings. The molecule has 0 spiro atoms. The van der Waals surface area contributed by atoms with Crippen molar-refractivity contribution in [1.29, 1.82) is 0 Å². The average Bonchev–Trinajstić information content (AvgIpc) is 3.13. The number of fused-ring (bicyclic) bond motifs is 1. The van der Waals surface area contributed by atoms with Crippen LogP contribution in [0.1, 0.15) is 45.8 Å². The van der Waals surface area contributed by atoms with Gasteiger partial charge in [0.15, 0.2) is 5.69 Å². The third-order valence-corrected chi connectivity index (χ3v) is 5.32. The van der Waals surface area contributed by atoms with Crippen LogP contribution in [0.25, 0.3) is 0 Å². The van der Waals surface area contributed by atoms with Crippen LogP contribution in [-0.4, -0.2) is 60.0 Å². The zero-order valence-electron chi connectivity index (χ0n) is 16.1. The molecule has 3 amide bonds. The van der Waals surface area contributed by atoms with E-state index in [1.165, 1.54) is 4.90 Å². The van der Waals surface area contributed by atoms with Crippen molar-refractivity contribution < 1.29 is 14.4 Å². The third-order valence-electron chi connectivity index (χ3n) is 5.32. The van der Waals surface area contributed by atoms with Crippen molar-refractivity contribution in [3.05, 3.63) is 41.2 Å². The zero-order valence-corrected chi connectivity index (χ0v) is 16.1. The summed E-state index contributed by atoms with van der Waals surface area (Å²) in [4.78, 5) is 42.2. The number of anilines is 2. The number of H-pyrrole nitrogens is 1. The molecule has 0 aliphatic carbocycles. The average molecular weight is 381 g/mol. The number of amides is 3. The summed E-state index contributed by atoms with van der Waals surface area (Å²) in [6, 6.07) is 7.48. The monoisotopic (exact) mass is 381 g/mol. The van der Waals surface area contributed by atoms with Gasteiger partial charge in [-0.1, -0.05) is 0 Å². The Morgan fingerprint density at radius 3 is 2.32 bits per heavy atom. The maximum atomic E-state index is 12.9. The standard InChI is InChI=1S/C20H23N5O3/c1-23(2)19(27)17-15-10-12-25(20(28)18(15)22-21-17)14-8-6-13(7-9-14)24-11-4-3-5-16(24)26/h6-9H,3-5,10-12H2,1-2H3,(H,21,22). The molecule has 8 heteroatoms. The highest BCUT2D eigenvalue weighted by Gasteiger charge is 2.32. The first-order valence-electron chi connectivity index (χ1n) is 9.48. The summed E-state index contributed by atoms with van der Waals surface area (Å²) >= 11 is 0. The SMILES string of the molecule is CN(C)C(=O)c1[nH]nc2c1CCN(c1ccc(N3CCCCC3=O)cc1)C2=O. The van der Waals surface area contributed by atoms with Gasteiger partial charge in [0.2, 0.25) is 5.91 Å². The molecule has 3 heterocycles. The van der Waals surface area contributed by atoms with Gasteiger partial charge in [0.25, 0.3) is 11.8 Å². The molecule has 146 valence electrons. The minimum Gasteiger partial charge on any atom is -0.343 e. The lowest BCUT2D eigenvalue weighted by Gasteiger charge is -2.29. The normalized spacial score (nSPS) is 16.9. The third kappa shape index (κ3) is 3.04. The molecule has 1 aromatic carbocycles. The van der Waals surface area contributed by atoms with Crippen molar-refractivity contribution in [3.8, 4) is 0 Å².